The maximum atomic E-state index is 13.1. The molecule has 0 atom stereocenters. The lowest BCUT2D eigenvalue weighted by Crippen LogP contribution is -2.30. The van der Waals surface area contributed by atoms with Gasteiger partial charge in [0.1, 0.15) is 11.3 Å². The molecule has 8 nitrogen and oxygen atoms in total. The first-order valence-electron chi connectivity index (χ1n) is 10.3. The van der Waals surface area contributed by atoms with Gasteiger partial charge in [-0.15, -0.1) is 0 Å². The topological polar surface area (TPSA) is 112 Å². The first-order chi connectivity index (χ1) is 14.8. The van der Waals surface area contributed by atoms with Gasteiger partial charge in [0, 0.05) is 31.7 Å². The van der Waals surface area contributed by atoms with Crippen molar-refractivity contribution in [2.75, 3.05) is 20.3 Å². The quantitative estimate of drug-likeness (QED) is 0.619. The van der Waals surface area contributed by atoms with Crippen LogP contribution in [0.3, 0.4) is 0 Å². The van der Waals surface area contributed by atoms with Gasteiger partial charge in [0.15, 0.2) is 9.84 Å². The molecular formula is C22H25NO7S. The number of aryl methyl sites for hydroxylation is 1. The number of rotatable bonds is 8. The zero-order chi connectivity index (χ0) is 22.3. The van der Waals surface area contributed by atoms with E-state index in [2.05, 4.69) is 0 Å². The van der Waals surface area contributed by atoms with Crippen molar-refractivity contribution in [2.24, 2.45) is 0 Å². The molecule has 1 aromatic heterocycles. The molecule has 2 heterocycles. The molecule has 166 valence electrons. The number of methoxy groups -OCH3 is 1. The number of hydrogen-bond acceptors (Lipinski definition) is 6. The van der Waals surface area contributed by atoms with E-state index >= 15 is 0 Å². The van der Waals surface area contributed by atoms with Crippen LogP contribution in [0.15, 0.2) is 27.9 Å². The highest BCUT2D eigenvalue weighted by Gasteiger charge is 2.37. The highest BCUT2D eigenvalue weighted by Crippen LogP contribution is 2.45. The van der Waals surface area contributed by atoms with E-state index in [9.17, 15) is 23.1 Å². The summed E-state index contributed by atoms with van der Waals surface area (Å²) in [5.74, 6) is -1.19. The minimum Gasteiger partial charge on any atom is -0.493 e. The van der Waals surface area contributed by atoms with Crippen LogP contribution < -0.4 is 10.3 Å². The van der Waals surface area contributed by atoms with Gasteiger partial charge < -0.3 is 19.1 Å². The largest absolute Gasteiger partial charge is 0.493 e. The molecule has 0 saturated heterocycles. The molecule has 0 spiro atoms. The van der Waals surface area contributed by atoms with Crippen LogP contribution in [0.4, 0.5) is 0 Å². The first-order valence-corrected chi connectivity index (χ1v) is 12.0. The number of aromatic nitrogens is 1. The second-order valence-corrected chi connectivity index (χ2v) is 9.86. The minimum absolute atomic E-state index is 0.107. The van der Waals surface area contributed by atoms with Gasteiger partial charge in [0.2, 0.25) is 0 Å². The molecule has 0 unspecified atom stereocenters. The van der Waals surface area contributed by atoms with E-state index in [1.165, 1.54) is 10.6 Å². The summed E-state index contributed by atoms with van der Waals surface area (Å²) in [6, 6.07) is 4.44. The number of carboxylic acids is 1. The Labute approximate surface area is 180 Å². The fourth-order valence-corrected chi connectivity index (χ4v) is 5.63. The summed E-state index contributed by atoms with van der Waals surface area (Å²) in [7, 11) is -2.12. The number of sulfone groups is 1. The third-order valence-corrected chi connectivity index (χ3v) is 7.38. The standard InChI is InChI=1S/C22H25NO7S/c1-3-13-9-16-19(11-18(13)30-8-4-7-29-2)31(27,28)12-14-10-17(22(25)26)21(24)23(20(14)16)15-5-6-15/h9-11,15H,3-8,12H2,1-2H3,(H,25,26). The van der Waals surface area contributed by atoms with Crippen molar-refractivity contribution in [1.29, 1.82) is 0 Å². The van der Waals surface area contributed by atoms with Crippen molar-refractivity contribution in [1.82, 2.24) is 4.57 Å². The van der Waals surface area contributed by atoms with Gasteiger partial charge in [0.25, 0.3) is 5.56 Å². The number of hydrogen-bond donors (Lipinski definition) is 1. The lowest BCUT2D eigenvalue weighted by atomic mass is 9.99. The molecule has 0 radical (unpaired) electrons. The third-order valence-electron chi connectivity index (χ3n) is 5.68. The normalized spacial score (nSPS) is 16.5. The molecule has 1 N–H and O–H groups in total. The Morgan fingerprint density at radius 2 is 1.97 bits per heavy atom. The van der Waals surface area contributed by atoms with Gasteiger partial charge in [-0.3, -0.25) is 4.79 Å². The fraction of sp³-hybridized carbons (Fsp3) is 0.455. The van der Waals surface area contributed by atoms with Crippen LogP contribution in [0.1, 0.15) is 53.7 Å². The average molecular weight is 448 g/mol. The van der Waals surface area contributed by atoms with Crippen molar-refractivity contribution in [2.45, 2.75) is 49.3 Å². The highest BCUT2D eigenvalue weighted by atomic mass is 32.2. The summed E-state index contributed by atoms with van der Waals surface area (Å²) in [6.07, 6.45) is 2.81. The Hall–Kier alpha value is -2.65. The molecule has 31 heavy (non-hydrogen) atoms. The summed E-state index contributed by atoms with van der Waals surface area (Å²) in [5, 5.41) is 9.47. The zero-order valence-electron chi connectivity index (χ0n) is 17.5. The Balaban J connectivity index is 1.92. The Morgan fingerprint density at radius 1 is 1.23 bits per heavy atom. The van der Waals surface area contributed by atoms with Gasteiger partial charge in [0.05, 0.1) is 22.9 Å². The zero-order valence-corrected chi connectivity index (χ0v) is 18.3. The predicted molar refractivity (Wildman–Crippen MR) is 114 cm³/mol. The number of aromatic carboxylic acids is 1. The maximum Gasteiger partial charge on any atom is 0.341 e. The van der Waals surface area contributed by atoms with Gasteiger partial charge in [-0.05, 0) is 48.6 Å². The molecule has 0 amide bonds. The molecular weight excluding hydrogens is 422 g/mol. The monoisotopic (exact) mass is 447 g/mol. The van der Waals surface area contributed by atoms with Gasteiger partial charge >= 0.3 is 5.97 Å². The number of pyridine rings is 1. The highest BCUT2D eigenvalue weighted by molar-refractivity contribution is 7.90. The molecule has 2 aliphatic rings. The van der Waals surface area contributed by atoms with Gasteiger partial charge in [-0.25, -0.2) is 13.2 Å². The number of carboxylic acid groups (broad SMARTS) is 1. The van der Waals surface area contributed by atoms with Crippen LogP contribution in [-0.2, 0) is 26.7 Å². The molecule has 0 bridgehead atoms. The number of nitrogens with zero attached hydrogens (tertiary/aromatic N) is 1. The number of fused-ring (bicyclic) bond motifs is 3. The molecule has 9 heteroatoms. The van der Waals surface area contributed by atoms with Gasteiger partial charge in [-0.1, -0.05) is 6.92 Å². The summed E-state index contributed by atoms with van der Waals surface area (Å²) in [4.78, 5) is 24.7. The molecule has 1 saturated carbocycles. The molecule has 1 aliphatic carbocycles. The second-order valence-electron chi connectivity index (χ2n) is 7.91. The SMILES string of the molecule is CCc1cc2c(cc1OCCCOC)S(=O)(=O)Cc1cc(C(=O)O)c(=O)n(C3CC3)c1-2. The van der Waals surface area contributed by atoms with E-state index in [1.807, 2.05) is 6.92 Å². The van der Waals surface area contributed by atoms with Crippen LogP contribution >= 0.6 is 0 Å². The van der Waals surface area contributed by atoms with E-state index in [0.717, 1.165) is 18.4 Å². The van der Waals surface area contributed by atoms with Crippen molar-refractivity contribution >= 4 is 15.8 Å². The summed E-state index contributed by atoms with van der Waals surface area (Å²) < 4.78 is 38.6. The van der Waals surface area contributed by atoms with E-state index in [0.29, 0.717) is 48.6 Å². The smallest absolute Gasteiger partial charge is 0.341 e. The summed E-state index contributed by atoms with van der Waals surface area (Å²) in [6.45, 7) is 2.88. The van der Waals surface area contributed by atoms with Crippen LogP contribution in [0, 0.1) is 0 Å². The second kappa shape index (κ2) is 8.12. The number of carbonyl (C=O) groups is 1. The summed E-state index contributed by atoms with van der Waals surface area (Å²) in [5.41, 5.74) is 1.17. The van der Waals surface area contributed by atoms with E-state index in [-0.39, 0.29) is 16.7 Å². The lowest BCUT2D eigenvalue weighted by Gasteiger charge is -2.26. The Kier molecular flexibility index (Phi) is 5.65. The van der Waals surface area contributed by atoms with Crippen LogP contribution in [0.5, 0.6) is 5.75 Å². The number of benzene rings is 1. The Morgan fingerprint density at radius 3 is 2.58 bits per heavy atom. The average Bonchev–Trinajstić information content (AvgIpc) is 3.55. The summed E-state index contributed by atoms with van der Waals surface area (Å²) >= 11 is 0. The van der Waals surface area contributed by atoms with Crippen LogP contribution in [0.25, 0.3) is 11.3 Å². The fourth-order valence-electron chi connectivity index (χ4n) is 4.06. The Bertz CT molecular complexity index is 1210. The van der Waals surface area contributed by atoms with E-state index in [4.69, 9.17) is 9.47 Å². The van der Waals surface area contributed by atoms with Crippen LogP contribution in [-0.4, -0.2) is 44.4 Å². The number of ether oxygens (including phenoxy) is 2. The molecule has 1 aliphatic heterocycles. The lowest BCUT2D eigenvalue weighted by molar-refractivity contribution is 0.0694. The molecule has 1 fully saturated rings. The molecule has 1 aromatic carbocycles. The minimum atomic E-state index is -3.73. The molecule has 4 rings (SSSR count). The predicted octanol–water partition coefficient (Wildman–Crippen LogP) is 2.81. The van der Waals surface area contributed by atoms with E-state index in [1.54, 1.807) is 19.2 Å². The van der Waals surface area contributed by atoms with Gasteiger partial charge in [-0.2, -0.15) is 0 Å². The van der Waals surface area contributed by atoms with Crippen molar-refractivity contribution in [3.05, 3.63) is 45.2 Å². The van der Waals surface area contributed by atoms with Crippen LogP contribution in [0.2, 0.25) is 0 Å². The van der Waals surface area contributed by atoms with Crippen molar-refractivity contribution in [3.63, 3.8) is 0 Å². The van der Waals surface area contributed by atoms with Crippen molar-refractivity contribution in [3.8, 4) is 17.0 Å². The van der Waals surface area contributed by atoms with E-state index < -0.39 is 26.9 Å². The first kappa shape index (κ1) is 21.6. The van der Waals surface area contributed by atoms with Crippen molar-refractivity contribution < 1.29 is 27.8 Å². The molecule has 2 aromatic rings. The maximum absolute atomic E-state index is 13.1. The third kappa shape index (κ3) is 3.87.